The molecular weight excluding hydrogens is 244 g/mol. The van der Waals surface area contributed by atoms with Gasteiger partial charge in [0.25, 0.3) is 0 Å². The van der Waals surface area contributed by atoms with Crippen molar-refractivity contribution in [2.45, 2.75) is 57.0 Å². The number of aliphatic hydroxyl groups excluding tert-OH is 1. The molecule has 2 heterocycles. The summed E-state index contributed by atoms with van der Waals surface area (Å²) < 4.78 is 11.1. The first-order chi connectivity index (χ1) is 8.89. The van der Waals surface area contributed by atoms with Gasteiger partial charge in [0, 0.05) is 24.3 Å². The molecule has 3 aliphatic rings. The molecule has 0 bridgehead atoms. The second-order valence-electron chi connectivity index (χ2n) is 6.22. The number of fused-ring (bicyclic) bond motifs is 2. The highest BCUT2D eigenvalue weighted by molar-refractivity contribution is 5.90. The Morgan fingerprint density at radius 3 is 3.00 bits per heavy atom. The monoisotopic (exact) mass is 264 g/mol. The van der Waals surface area contributed by atoms with Crippen molar-refractivity contribution in [3.8, 4) is 0 Å². The molecule has 0 radical (unpaired) electrons. The molecule has 0 aromatic heterocycles. The summed E-state index contributed by atoms with van der Waals surface area (Å²) in [5.74, 6) is -0.247. The van der Waals surface area contributed by atoms with E-state index >= 15 is 0 Å². The molecule has 0 spiro atoms. The van der Waals surface area contributed by atoms with Crippen molar-refractivity contribution in [1.82, 2.24) is 0 Å². The van der Waals surface area contributed by atoms with E-state index in [2.05, 4.69) is 6.58 Å². The number of carbonyl (C=O) groups is 1. The average Bonchev–Trinajstić information content (AvgIpc) is 2.84. The highest BCUT2D eigenvalue weighted by atomic mass is 16.6. The molecule has 4 heteroatoms. The van der Waals surface area contributed by atoms with E-state index < -0.39 is 6.10 Å². The lowest BCUT2D eigenvalue weighted by molar-refractivity contribution is -0.139. The summed E-state index contributed by atoms with van der Waals surface area (Å²) in [4.78, 5) is 11.7. The summed E-state index contributed by atoms with van der Waals surface area (Å²) in [7, 11) is 0. The van der Waals surface area contributed by atoms with Gasteiger partial charge in [-0.1, -0.05) is 18.2 Å². The molecule has 3 rings (SSSR count). The maximum Gasteiger partial charge on any atom is 0.334 e. The Labute approximate surface area is 113 Å². The molecule has 0 aromatic rings. The average molecular weight is 264 g/mol. The van der Waals surface area contributed by atoms with E-state index in [-0.39, 0.29) is 29.7 Å². The third kappa shape index (κ3) is 2.23. The molecule has 1 N–H and O–H groups in total. The number of aliphatic hydroxyl groups is 1. The molecule has 104 valence electrons. The maximum atomic E-state index is 11.7. The minimum atomic E-state index is -0.494. The summed E-state index contributed by atoms with van der Waals surface area (Å²) in [5, 5.41) is 10.0. The summed E-state index contributed by atoms with van der Waals surface area (Å²) >= 11 is 0. The first-order valence-electron chi connectivity index (χ1n) is 6.82. The molecule has 0 unspecified atom stereocenters. The van der Waals surface area contributed by atoms with Gasteiger partial charge in [-0.15, -0.1) is 0 Å². The third-order valence-electron chi connectivity index (χ3n) is 4.53. The molecule has 19 heavy (non-hydrogen) atoms. The Morgan fingerprint density at radius 2 is 2.26 bits per heavy atom. The van der Waals surface area contributed by atoms with Crippen LogP contribution in [0.2, 0.25) is 0 Å². The molecule has 1 aliphatic carbocycles. The van der Waals surface area contributed by atoms with Crippen LogP contribution < -0.4 is 0 Å². The predicted molar refractivity (Wildman–Crippen MR) is 69.4 cm³/mol. The van der Waals surface area contributed by atoms with Crippen molar-refractivity contribution in [3.63, 3.8) is 0 Å². The second-order valence-corrected chi connectivity index (χ2v) is 6.22. The van der Waals surface area contributed by atoms with Crippen LogP contribution in [-0.4, -0.2) is 35.0 Å². The standard InChI is InChI=1S/C15H20O4/c1-8-4-10(16)7-15(3)13(19-15)6-11-9(2)14(17)18-12(11)5-8/h4,10-13,16H,2,5-7H2,1,3H3/b8-4-/t10-,11-,12+,13-,15-/m1/s1. The molecule has 0 amide bonds. The first-order valence-corrected chi connectivity index (χ1v) is 6.82. The van der Waals surface area contributed by atoms with E-state index in [1.165, 1.54) is 0 Å². The normalized spacial score (nSPS) is 48.7. The van der Waals surface area contributed by atoms with Crippen molar-refractivity contribution >= 4 is 5.97 Å². The minimum absolute atomic E-state index is 0.0397. The fraction of sp³-hybridized carbons (Fsp3) is 0.667. The molecule has 0 aromatic carbocycles. The van der Waals surface area contributed by atoms with Crippen molar-refractivity contribution in [2.75, 3.05) is 0 Å². The lowest BCUT2D eigenvalue weighted by Gasteiger charge is -2.20. The summed E-state index contributed by atoms with van der Waals surface area (Å²) in [6.07, 6.45) is 3.31. The Morgan fingerprint density at radius 1 is 1.53 bits per heavy atom. The summed E-state index contributed by atoms with van der Waals surface area (Å²) in [6.45, 7) is 7.84. The topological polar surface area (TPSA) is 59.1 Å². The molecule has 2 saturated heterocycles. The van der Waals surface area contributed by atoms with Gasteiger partial charge in [-0.3, -0.25) is 0 Å². The Balaban J connectivity index is 1.88. The molecule has 5 atom stereocenters. The van der Waals surface area contributed by atoms with Gasteiger partial charge in [0.1, 0.15) is 6.10 Å². The van der Waals surface area contributed by atoms with Crippen LogP contribution >= 0.6 is 0 Å². The zero-order chi connectivity index (χ0) is 13.8. The fourth-order valence-electron chi connectivity index (χ4n) is 3.34. The number of carbonyl (C=O) groups excluding carboxylic acids is 1. The molecule has 2 aliphatic heterocycles. The number of rotatable bonds is 0. The van der Waals surface area contributed by atoms with Gasteiger partial charge >= 0.3 is 5.97 Å². The highest BCUT2D eigenvalue weighted by Gasteiger charge is 2.55. The Hall–Kier alpha value is -1.13. The molecular formula is C15H20O4. The second kappa shape index (κ2) is 4.18. The van der Waals surface area contributed by atoms with Gasteiger partial charge in [0.2, 0.25) is 0 Å². The molecule has 4 nitrogen and oxygen atoms in total. The van der Waals surface area contributed by atoms with Crippen LogP contribution in [0, 0.1) is 5.92 Å². The first kappa shape index (κ1) is 12.9. The number of ether oxygens (including phenoxy) is 2. The van der Waals surface area contributed by atoms with Gasteiger partial charge in [0.15, 0.2) is 0 Å². The van der Waals surface area contributed by atoms with Crippen molar-refractivity contribution in [1.29, 1.82) is 0 Å². The Bertz CT molecular complexity index is 467. The summed E-state index contributed by atoms with van der Waals surface area (Å²) in [6, 6.07) is 0. The fourth-order valence-corrected chi connectivity index (χ4v) is 3.34. The van der Waals surface area contributed by atoms with Crippen LogP contribution in [-0.2, 0) is 14.3 Å². The lowest BCUT2D eigenvalue weighted by Crippen LogP contribution is -2.25. The number of hydrogen-bond donors (Lipinski definition) is 1. The van der Waals surface area contributed by atoms with Crippen LogP contribution in [0.15, 0.2) is 23.8 Å². The van der Waals surface area contributed by atoms with E-state index in [1.807, 2.05) is 19.9 Å². The van der Waals surface area contributed by atoms with E-state index in [4.69, 9.17) is 9.47 Å². The quantitative estimate of drug-likeness (QED) is 0.313. The zero-order valence-corrected chi connectivity index (χ0v) is 11.4. The van der Waals surface area contributed by atoms with E-state index in [1.54, 1.807) is 0 Å². The third-order valence-corrected chi connectivity index (χ3v) is 4.53. The number of epoxide rings is 1. The van der Waals surface area contributed by atoms with Crippen LogP contribution in [0.1, 0.15) is 33.1 Å². The van der Waals surface area contributed by atoms with Crippen LogP contribution in [0.4, 0.5) is 0 Å². The largest absolute Gasteiger partial charge is 0.458 e. The van der Waals surface area contributed by atoms with Gasteiger partial charge in [-0.2, -0.15) is 0 Å². The highest BCUT2D eigenvalue weighted by Crippen LogP contribution is 2.48. The van der Waals surface area contributed by atoms with E-state index in [0.29, 0.717) is 18.4 Å². The van der Waals surface area contributed by atoms with Gasteiger partial charge < -0.3 is 14.6 Å². The van der Waals surface area contributed by atoms with Gasteiger partial charge in [-0.05, 0) is 20.3 Å². The smallest absolute Gasteiger partial charge is 0.334 e. The number of esters is 1. The van der Waals surface area contributed by atoms with E-state index in [0.717, 1.165) is 12.0 Å². The Kier molecular flexibility index (Phi) is 2.84. The number of hydrogen-bond acceptors (Lipinski definition) is 4. The van der Waals surface area contributed by atoms with E-state index in [9.17, 15) is 9.90 Å². The predicted octanol–water partition coefficient (Wildman–Crippen LogP) is 1.73. The SMILES string of the molecule is C=C1C(=O)O[C@H]2C/C(C)=C\[C@@H](O)C[C@@]3(C)O[C@@H]3C[C@H]12. The van der Waals surface area contributed by atoms with Crippen LogP contribution in [0.3, 0.4) is 0 Å². The van der Waals surface area contributed by atoms with Gasteiger partial charge in [-0.25, -0.2) is 4.79 Å². The lowest BCUT2D eigenvalue weighted by atomic mass is 9.84. The maximum absolute atomic E-state index is 11.7. The van der Waals surface area contributed by atoms with Crippen molar-refractivity contribution in [2.24, 2.45) is 5.92 Å². The molecule has 2 fully saturated rings. The van der Waals surface area contributed by atoms with Gasteiger partial charge in [0.05, 0.1) is 17.8 Å². The van der Waals surface area contributed by atoms with Crippen LogP contribution in [0.5, 0.6) is 0 Å². The van der Waals surface area contributed by atoms with Crippen molar-refractivity contribution < 1.29 is 19.4 Å². The molecule has 0 saturated carbocycles. The summed E-state index contributed by atoms with van der Waals surface area (Å²) in [5.41, 5.74) is 1.34. The van der Waals surface area contributed by atoms with Crippen molar-refractivity contribution in [3.05, 3.63) is 23.8 Å². The van der Waals surface area contributed by atoms with Crippen LogP contribution in [0.25, 0.3) is 0 Å². The zero-order valence-electron chi connectivity index (χ0n) is 11.4. The minimum Gasteiger partial charge on any atom is -0.458 e.